The molecule has 27 heavy (non-hydrogen) atoms. The van der Waals surface area contributed by atoms with Crippen LogP contribution in [-0.2, 0) is 6.42 Å². The third-order valence-electron chi connectivity index (χ3n) is 7.67. The smallest absolute Gasteiger partial charge is 0.0406 e. The maximum Gasteiger partial charge on any atom is 0.0406 e. The third-order valence-corrected chi connectivity index (χ3v) is 7.92. The Morgan fingerprint density at radius 3 is 1.81 bits per heavy atom. The second-order valence-electron chi connectivity index (χ2n) is 9.58. The lowest BCUT2D eigenvalue weighted by atomic mass is 9.68. The van der Waals surface area contributed by atoms with Gasteiger partial charge in [-0.1, -0.05) is 88.4 Å². The van der Waals surface area contributed by atoms with E-state index in [0.717, 1.165) is 28.7 Å². The third kappa shape index (κ3) is 7.12. The Kier molecular flexibility index (Phi) is 9.04. The van der Waals surface area contributed by atoms with Crippen molar-refractivity contribution < 1.29 is 0 Å². The Bertz CT molecular complexity index is 504. The monoisotopic (exact) mass is 388 g/mol. The van der Waals surface area contributed by atoms with Gasteiger partial charge in [0.2, 0.25) is 0 Å². The molecule has 0 spiro atoms. The number of aryl methyl sites for hydroxylation is 1. The first-order valence-electron chi connectivity index (χ1n) is 12.0. The van der Waals surface area contributed by atoms with Crippen molar-refractivity contribution in [1.82, 2.24) is 0 Å². The van der Waals surface area contributed by atoms with Crippen LogP contribution < -0.4 is 0 Å². The van der Waals surface area contributed by atoms with E-state index in [4.69, 9.17) is 11.6 Å². The standard InChI is InChI=1S/C26H41Cl/c1-2-3-4-5-6-21-9-15-24(16-10-21)25-17-11-22(12-18-25)7-8-23-13-19-26(27)20-14-23/h13-14,19-22,24-25H,2-12,15-18H2,1H3. The van der Waals surface area contributed by atoms with Crippen LogP contribution in [0.5, 0.6) is 0 Å². The fraction of sp³-hybridized carbons (Fsp3) is 0.769. The molecule has 2 aliphatic rings. The van der Waals surface area contributed by atoms with Crippen LogP contribution >= 0.6 is 11.6 Å². The summed E-state index contributed by atoms with van der Waals surface area (Å²) in [5.41, 5.74) is 1.46. The molecule has 0 nitrogen and oxygen atoms in total. The SMILES string of the molecule is CCCCCCC1CCC(C2CCC(CCc3ccc(Cl)cc3)CC2)CC1. The summed E-state index contributed by atoms with van der Waals surface area (Å²) < 4.78 is 0. The molecule has 2 saturated carbocycles. The predicted octanol–water partition coefficient (Wildman–Crippen LogP) is 8.86. The molecule has 0 atom stereocenters. The highest BCUT2D eigenvalue weighted by atomic mass is 35.5. The molecule has 0 aromatic heterocycles. The van der Waals surface area contributed by atoms with Gasteiger partial charge in [0, 0.05) is 5.02 Å². The van der Waals surface area contributed by atoms with Crippen LogP contribution in [0.25, 0.3) is 0 Å². The summed E-state index contributed by atoms with van der Waals surface area (Å²) in [4.78, 5) is 0. The molecule has 1 heteroatoms. The number of hydrogen-bond donors (Lipinski definition) is 0. The van der Waals surface area contributed by atoms with Gasteiger partial charge in [0.05, 0.1) is 0 Å². The minimum atomic E-state index is 0.856. The Morgan fingerprint density at radius 1 is 0.704 bits per heavy atom. The van der Waals surface area contributed by atoms with Gasteiger partial charge in [0.25, 0.3) is 0 Å². The summed E-state index contributed by atoms with van der Waals surface area (Å²) in [6, 6.07) is 8.48. The summed E-state index contributed by atoms with van der Waals surface area (Å²) in [5, 5.41) is 0.856. The largest absolute Gasteiger partial charge is 0.0843 e. The van der Waals surface area contributed by atoms with Crippen LogP contribution in [-0.4, -0.2) is 0 Å². The Hall–Kier alpha value is -0.490. The van der Waals surface area contributed by atoms with Crippen LogP contribution in [0, 0.1) is 23.7 Å². The second-order valence-corrected chi connectivity index (χ2v) is 10.0. The average Bonchev–Trinajstić information content (AvgIpc) is 2.72. The van der Waals surface area contributed by atoms with Crippen LogP contribution in [0.4, 0.5) is 0 Å². The van der Waals surface area contributed by atoms with Crippen molar-refractivity contribution in [3.8, 4) is 0 Å². The number of hydrogen-bond acceptors (Lipinski definition) is 0. The summed E-state index contributed by atoms with van der Waals surface area (Å²) in [6.45, 7) is 2.32. The predicted molar refractivity (Wildman–Crippen MR) is 119 cm³/mol. The number of rotatable bonds is 9. The van der Waals surface area contributed by atoms with E-state index in [1.807, 2.05) is 12.1 Å². The van der Waals surface area contributed by atoms with Gasteiger partial charge < -0.3 is 0 Å². The first-order valence-corrected chi connectivity index (χ1v) is 12.4. The van der Waals surface area contributed by atoms with Crippen molar-refractivity contribution >= 4 is 11.6 Å². The highest BCUT2D eigenvalue weighted by Crippen LogP contribution is 2.43. The van der Waals surface area contributed by atoms with E-state index in [2.05, 4.69) is 19.1 Å². The summed E-state index contributed by atoms with van der Waals surface area (Å²) in [6.07, 6.45) is 22.0. The lowest BCUT2D eigenvalue weighted by molar-refractivity contribution is 0.140. The first kappa shape index (κ1) is 21.2. The highest BCUT2D eigenvalue weighted by molar-refractivity contribution is 6.30. The number of benzene rings is 1. The lowest BCUT2D eigenvalue weighted by Crippen LogP contribution is -2.26. The van der Waals surface area contributed by atoms with Gasteiger partial charge in [-0.05, 0) is 79.9 Å². The maximum absolute atomic E-state index is 6.00. The van der Waals surface area contributed by atoms with E-state index in [-0.39, 0.29) is 0 Å². The van der Waals surface area contributed by atoms with Crippen molar-refractivity contribution in [2.75, 3.05) is 0 Å². The Labute approximate surface area is 173 Å². The molecular formula is C26H41Cl. The fourth-order valence-corrected chi connectivity index (χ4v) is 5.90. The van der Waals surface area contributed by atoms with Crippen molar-refractivity contribution in [1.29, 1.82) is 0 Å². The number of unbranched alkanes of at least 4 members (excludes halogenated alkanes) is 3. The minimum absolute atomic E-state index is 0.856. The van der Waals surface area contributed by atoms with Gasteiger partial charge in [-0.3, -0.25) is 0 Å². The highest BCUT2D eigenvalue weighted by Gasteiger charge is 2.30. The molecule has 152 valence electrons. The van der Waals surface area contributed by atoms with Gasteiger partial charge in [0.15, 0.2) is 0 Å². The topological polar surface area (TPSA) is 0 Å². The van der Waals surface area contributed by atoms with E-state index in [1.54, 1.807) is 12.8 Å². The van der Waals surface area contributed by atoms with Crippen molar-refractivity contribution in [2.45, 2.75) is 103 Å². The Morgan fingerprint density at radius 2 is 1.26 bits per heavy atom. The average molecular weight is 389 g/mol. The van der Waals surface area contributed by atoms with E-state index in [9.17, 15) is 0 Å². The molecule has 2 fully saturated rings. The van der Waals surface area contributed by atoms with E-state index in [0.29, 0.717) is 0 Å². The van der Waals surface area contributed by atoms with Crippen LogP contribution in [0.1, 0.15) is 102 Å². The molecule has 3 rings (SSSR count). The zero-order valence-electron chi connectivity index (χ0n) is 17.6. The zero-order chi connectivity index (χ0) is 18.9. The van der Waals surface area contributed by atoms with E-state index in [1.165, 1.54) is 89.0 Å². The molecule has 1 aromatic carbocycles. The normalized spacial score (nSPS) is 29.0. The molecule has 0 saturated heterocycles. The molecule has 0 radical (unpaired) electrons. The quantitative estimate of drug-likeness (QED) is 0.370. The maximum atomic E-state index is 6.00. The van der Waals surface area contributed by atoms with Crippen molar-refractivity contribution in [2.24, 2.45) is 23.7 Å². The molecule has 0 amide bonds. The minimum Gasteiger partial charge on any atom is -0.0843 e. The van der Waals surface area contributed by atoms with Crippen LogP contribution in [0.3, 0.4) is 0 Å². The molecule has 0 aliphatic heterocycles. The van der Waals surface area contributed by atoms with E-state index < -0.39 is 0 Å². The Balaban J connectivity index is 1.30. The van der Waals surface area contributed by atoms with E-state index >= 15 is 0 Å². The van der Waals surface area contributed by atoms with Crippen molar-refractivity contribution in [3.63, 3.8) is 0 Å². The summed E-state index contributed by atoms with van der Waals surface area (Å²) in [7, 11) is 0. The lowest BCUT2D eigenvalue weighted by Gasteiger charge is -2.38. The van der Waals surface area contributed by atoms with Gasteiger partial charge in [-0.15, -0.1) is 0 Å². The molecule has 0 unspecified atom stereocenters. The summed E-state index contributed by atoms with van der Waals surface area (Å²) in [5.74, 6) is 4.15. The summed E-state index contributed by atoms with van der Waals surface area (Å²) >= 11 is 6.00. The molecular weight excluding hydrogens is 348 g/mol. The molecule has 0 heterocycles. The molecule has 0 bridgehead atoms. The fourth-order valence-electron chi connectivity index (χ4n) is 5.78. The van der Waals surface area contributed by atoms with Gasteiger partial charge >= 0.3 is 0 Å². The van der Waals surface area contributed by atoms with Crippen LogP contribution in [0.2, 0.25) is 5.02 Å². The van der Waals surface area contributed by atoms with Gasteiger partial charge in [-0.2, -0.15) is 0 Å². The number of halogens is 1. The second kappa shape index (κ2) is 11.5. The van der Waals surface area contributed by atoms with Gasteiger partial charge in [0.1, 0.15) is 0 Å². The first-order chi connectivity index (χ1) is 13.2. The van der Waals surface area contributed by atoms with Gasteiger partial charge in [-0.25, -0.2) is 0 Å². The molecule has 1 aromatic rings. The molecule has 2 aliphatic carbocycles. The van der Waals surface area contributed by atoms with Crippen LogP contribution in [0.15, 0.2) is 24.3 Å². The molecule has 0 N–H and O–H groups in total. The van der Waals surface area contributed by atoms with Crippen molar-refractivity contribution in [3.05, 3.63) is 34.9 Å². The zero-order valence-corrected chi connectivity index (χ0v) is 18.4.